The fraction of sp³-hybridized carbons (Fsp3) is 0.350. The maximum absolute atomic E-state index is 12.1. The van der Waals surface area contributed by atoms with Gasteiger partial charge in [0.25, 0.3) is 0 Å². The zero-order chi connectivity index (χ0) is 18.8. The zero-order valence-electron chi connectivity index (χ0n) is 15.2. The fourth-order valence-corrected chi connectivity index (χ4v) is 2.41. The lowest BCUT2D eigenvalue weighted by atomic mass is 10.1. The number of hydrogen-bond donors (Lipinski definition) is 3. The highest BCUT2D eigenvalue weighted by molar-refractivity contribution is 5.89. The molecule has 0 bridgehead atoms. The summed E-state index contributed by atoms with van der Waals surface area (Å²) in [6.45, 7) is 4.97. The van der Waals surface area contributed by atoms with Gasteiger partial charge in [-0.25, -0.2) is 4.79 Å². The van der Waals surface area contributed by atoms with Gasteiger partial charge in [-0.15, -0.1) is 0 Å². The summed E-state index contributed by atoms with van der Waals surface area (Å²) in [5.41, 5.74) is 2.77. The van der Waals surface area contributed by atoms with Crippen molar-refractivity contribution in [3.05, 3.63) is 59.7 Å². The summed E-state index contributed by atoms with van der Waals surface area (Å²) in [7, 11) is 0. The summed E-state index contributed by atoms with van der Waals surface area (Å²) >= 11 is 0. The second-order valence-corrected chi connectivity index (χ2v) is 5.79. The van der Waals surface area contributed by atoms with Crippen LogP contribution in [-0.4, -0.2) is 37.5 Å². The molecule has 3 N–H and O–H groups in total. The molecule has 0 saturated carbocycles. The molecule has 1 atom stereocenters. The summed E-state index contributed by atoms with van der Waals surface area (Å²) in [5.74, 6) is 0.760. The van der Waals surface area contributed by atoms with Crippen LogP contribution < -0.4 is 15.4 Å². The van der Waals surface area contributed by atoms with Crippen LogP contribution in [0.4, 0.5) is 10.5 Å². The molecule has 6 heteroatoms. The minimum absolute atomic E-state index is 0.0687. The number of urea groups is 1. The number of carbonyl (C=O) groups is 1. The van der Waals surface area contributed by atoms with E-state index in [4.69, 9.17) is 14.6 Å². The maximum Gasteiger partial charge on any atom is 0.319 e. The number of anilines is 1. The van der Waals surface area contributed by atoms with Crippen LogP contribution in [0.5, 0.6) is 5.75 Å². The predicted octanol–water partition coefficient (Wildman–Crippen LogP) is 3.27. The molecule has 0 fully saturated rings. The van der Waals surface area contributed by atoms with Gasteiger partial charge in [0, 0.05) is 12.2 Å². The van der Waals surface area contributed by atoms with Crippen molar-refractivity contribution in [2.24, 2.45) is 0 Å². The summed E-state index contributed by atoms with van der Waals surface area (Å²) in [5, 5.41) is 14.6. The first-order chi connectivity index (χ1) is 12.6. The van der Waals surface area contributed by atoms with E-state index in [1.54, 1.807) is 24.3 Å². The average molecular weight is 358 g/mol. The van der Waals surface area contributed by atoms with Gasteiger partial charge in [0.05, 0.1) is 25.9 Å². The molecule has 2 rings (SSSR count). The molecule has 6 nitrogen and oxygen atoms in total. The van der Waals surface area contributed by atoms with Gasteiger partial charge in [-0.3, -0.25) is 0 Å². The van der Waals surface area contributed by atoms with Crippen molar-refractivity contribution in [2.45, 2.75) is 20.0 Å². The third-order valence-corrected chi connectivity index (χ3v) is 3.73. The van der Waals surface area contributed by atoms with Gasteiger partial charge in [0.2, 0.25) is 0 Å². The first kappa shape index (κ1) is 19.8. The van der Waals surface area contributed by atoms with Gasteiger partial charge in [-0.1, -0.05) is 29.8 Å². The summed E-state index contributed by atoms with van der Waals surface area (Å²) in [6.07, 6.45) is -0.325. The lowest BCUT2D eigenvalue weighted by molar-refractivity contribution is 0.0297. The largest absolute Gasteiger partial charge is 0.494 e. The van der Waals surface area contributed by atoms with Gasteiger partial charge in [-0.05, 0) is 43.7 Å². The molecular formula is C20H26N2O4. The molecule has 2 amide bonds. The number of nitrogens with one attached hydrogen (secondary N) is 2. The Hall–Kier alpha value is -2.57. The molecule has 0 spiro atoms. The Bertz CT molecular complexity index is 671. The van der Waals surface area contributed by atoms with E-state index >= 15 is 0 Å². The van der Waals surface area contributed by atoms with E-state index in [1.807, 2.05) is 38.1 Å². The molecule has 0 aromatic heterocycles. The van der Waals surface area contributed by atoms with Crippen LogP contribution >= 0.6 is 0 Å². The smallest absolute Gasteiger partial charge is 0.319 e. The predicted molar refractivity (Wildman–Crippen MR) is 102 cm³/mol. The number of aliphatic hydroxyl groups is 1. The Labute approximate surface area is 154 Å². The Morgan fingerprint density at radius 1 is 1.12 bits per heavy atom. The van der Waals surface area contributed by atoms with Crippen LogP contribution in [0.15, 0.2) is 48.5 Å². The topological polar surface area (TPSA) is 79.8 Å². The quantitative estimate of drug-likeness (QED) is 0.643. The zero-order valence-corrected chi connectivity index (χ0v) is 15.2. The van der Waals surface area contributed by atoms with Crippen LogP contribution in [0, 0.1) is 6.92 Å². The Balaban J connectivity index is 1.90. The fourth-order valence-electron chi connectivity index (χ4n) is 2.41. The van der Waals surface area contributed by atoms with Crippen molar-refractivity contribution >= 4 is 11.7 Å². The van der Waals surface area contributed by atoms with Crippen LogP contribution in [0.3, 0.4) is 0 Å². The van der Waals surface area contributed by atoms with Gasteiger partial charge >= 0.3 is 6.03 Å². The number of aryl methyl sites for hydroxylation is 1. The molecule has 0 radical (unpaired) electrons. The lowest BCUT2D eigenvalue weighted by Gasteiger charge is -2.19. The van der Waals surface area contributed by atoms with E-state index in [1.165, 1.54) is 0 Å². The summed E-state index contributed by atoms with van der Waals surface area (Å²) < 4.78 is 11.0. The maximum atomic E-state index is 12.1. The van der Waals surface area contributed by atoms with Gasteiger partial charge in [-0.2, -0.15) is 0 Å². The number of carbonyl (C=O) groups excluding carboxylic acids is 1. The molecule has 0 aliphatic heterocycles. The SMILES string of the molecule is CCOc1ccc(NC(=O)NCC(OCCO)c2ccc(C)cc2)cc1. The molecule has 1 unspecified atom stereocenters. The lowest BCUT2D eigenvalue weighted by Crippen LogP contribution is -2.33. The molecular weight excluding hydrogens is 332 g/mol. The minimum atomic E-state index is -0.325. The third-order valence-electron chi connectivity index (χ3n) is 3.73. The van der Waals surface area contributed by atoms with Crippen molar-refractivity contribution in [3.8, 4) is 5.75 Å². The first-order valence-electron chi connectivity index (χ1n) is 8.69. The van der Waals surface area contributed by atoms with E-state index < -0.39 is 0 Å². The minimum Gasteiger partial charge on any atom is -0.494 e. The normalized spacial score (nSPS) is 11.7. The number of amides is 2. The number of ether oxygens (including phenoxy) is 2. The Kier molecular flexibility index (Phi) is 7.92. The molecule has 2 aromatic carbocycles. The van der Waals surface area contributed by atoms with Crippen molar-refractivity contribution in [2.75, 3.05) is 31.7 Å². The average Bonchev–Trinajstić information content (AvgIpc) is 2.65. The standard InChI is InChI=1S/C20H26N2O4/c1-3-25-18-10-8-17(9-11-18)22-20(24)21-14-19(26-13-12-23)16-6-4-15(2)5-7-16/h4-11,19,23H,3,12-14H2,1-2H3,(H2,21,22,24). The highest BCUT2D eigenvalue weighted by Crippen LogP contribution is 2.18. The van der Waals surface area contributed by atoms with Crippen molar-refractivity contribution in [3.63, 3.8) is 0 Å². The molecule has 0 aliphatic rings. The molecule has 0 heterocycles. The molecule has 0 saturated heterocycles. The van der Waals surface area contributed by atoms with E-state index in [0.29, 0.717) is 18.8 Å². The van der Waals surface area contributed by atoms with Crippen molar-refractivity contribution in [1.29, 1.82) is 0 Å². The molecule has 0 aliphatic carbocycles. The highest BCUT2D eigenvalue weighted by Gasteiger charge is 2.13. The van der Waals surface area contributed by atoms with E-state index in [2.05, 4.69) is 10.6 Å². The second-order valence-electron chi connectivity index (χ2n) is 5.79. The van der Waals surface area contributed by atoms with Crippen molar-refractivity contribution in [1.82, 2.24) is 5.32 Å². The van der Waals surface area contributed by atoms with Crippen molar-refractivity contribution < 1.29 is 19.4 Å². The number of benzene rings is 2. The monoisotopic (exact) mass is 358 g/mol. The number of aliphatic hydroxyl groups excluding tert-OH is 1. The number of hydrogen-bond acceptors (Lipinski definition) is 4. The first-order valence-corrected chi connectivity index (χ1v) is 8.69. The van der Waals surface area contributed by atoms with Crippen LogP contribution in [0.1, 0.15) is 24.2 Å². The summed E-state index contributed by atoms with van der Waals surface area (Å²) in [4.78, 5) is 12.1. The van der Waals surface area contributed by atoms with Gasteiger partial charge in [0.15, 0.2) is 0 Å². The van der Waals surface area contributed by atoms with Gasteiger partial charge in [0.1, 0.15) is 5.75 Å². The van der Waals surface area contributed by atoms with E-state index in [-0.39, 0.29) is 25.3 Å². The summed E-state index contributed by atoms with van der Waals surface area (Å²) in [6, 6.07) is 14.8. The Morgan fingerprint density at radius 2 is 1.81 bits per heavy atom. The highest BCUT2D eigenvalue weighted by atomic mass is 16.5. The second kappa shape index (κ2) is 10.4. The molecule has 2 aromatic rings. The van der Waals surface area contributed by atoms with Gasteiger partial charge < -0.3 is 25.2 Å². The molecule has 140 valence electrons. The number of rotatable bonds is 9. The van der Waals surface area contributed by atoms with E-state index in [0.717, 1.165) is 16.9 Å². The Morgan fingerprint density at radius 3 is 2.42 bits per heavy atom. The third kappa shape index (κ3) is 6.38. The van der Waals surface area contributed by atoms with Crippen LogP contribution in [0.25, 0.3) is 0 Å². The van der Waals surface area contributed by atoms with E-state index in [9.17, 15) is 4.79 Å². The van der Waals surface area contributed by atoms with Crippen LogP contribution in [0.2, 0.25) is 0 Å². The molecule has 26 heavy (non-hydrogen) atoms. The van der Waals surface area contributed by atoms with Crippen LogP contribution in [-0.2, 0) is 4.74 Å².